The van der Waals surface area contributed by atoms with Crippen LogP contribution in [0.1, 0.15) is 39.5 Å². The molecular weight excluding hydrogens is 330 g/mol. The van der Waals surface area contributed by atoms with Crippen LogP contribution in [0.5, 0.6) is 0 Å². The summed E-state index contributed by atoms with van der Waals surface area (Å²) >= 11 is 0. The van der Waals surface area contributed by atoms with Gasteiger partial charge in [-0.05, 0) is 12.8 Å². The number of hydrogen-bond donors (Lipinski definition) is 1. The zero-order chi connectivity index (χ0) is 10.2. The standard InChI is InChI=1S/C8H19O4P.La/c1-3-5-7-11-13(9,10)12-8-6-4-2;/h3-8H2,1-2H3,(H,9,10);. The summed E-state index contributed by atoms with van der Waals surface area (Å²) in [5.41, 5.74) is 0. The monoisotopic (exact) mass is 349 g/mol. The van der Waals surface area contributed by atoms with Gasteiger partial charge in [0.1, 0.15) is 0 Å². The third kappa shape index (κ3) is 11.4. The van der Waals surface area contributed by atoms with Crippen LogP contribution in [0.4, 0.5) is 0 Å². The normalized spacial score (nSPS) is 11.1. The van der Waals surface area contributed by atoms with Crippen LogP contribution in [0.25, 0.3) is 0 Å². The molecule has 0 aliphatic heterocycles. The van der Waals surface area contributed by atoms with Gasteiger partial charge in [0.05, 0.1) is 13.2 Å². The summed E-state index contributed by atoms with van der Waals surface area (Å²) in [6.07, 6.45) is 3.44. The van der Waals surface area contributed by atoms with Crippen LogP contribution >= 0.6 is 7.82 Å². The van der Waals surface area contributed by atoms with Crippen molar-refractivity contribution in [2.45, 2.75) is 39.5 Å². The summed E-state index contributed by atoms with van der Waals surface area (Å²) in [5, 5.41) is 0. The molecular formula is C8H19LaO4P. The SMILES string of the molecule is CCCCOP(=O)(O)OCCCC.[La]. The van der Waals surface area contributed by atoms with Crippen molar-refractivity contribution in [2.75, 3.05) is 13.2 Å². The maximum Gasteiger partial charge on any atom is 0.472 e. The first kappa shape index (κ1) is 17.7. The van der Waals surface area contributed by atoms with Gasteiger partial charge in [-0.3, -0.25) is 9.05 Å². The summed E-state index contributed by atoms with van der Waals surface area (Å²) in [4.78, 5) is 9.08. The summed E-state index contributed by atoms with van der Waals surface area (Å²) < 4.78 is 20.5. The molecule has 4 nitrogen and oxygen atoms in total. The van der Waals surface area contributed by atoms with E-state index in [-0.39, 0.29) is 48.8 Å². The van der Waals surface area contributed by atoms with Crippen molar-refractivity contribution in [3.8, 4) is 0 Å². The van der Waals surface area contributed by atoms with Crippen LogP contribution in [0.2, 0.25) is 0 Å². The van der Waals surface area contributed by atoms with Gasteiger partial charge in [-0.25, -0.2) is 4.57 Å². The maximum atomic E-state index is 11.1. The molecule has 0 spiro atoms. The van der Waals surface area contributed by atoms with E-state index >= 15 is 0 Å². The molecule has 0 aliphatic carbocycles. The van der Waals surface area contributed by atoms with Crippen molar-refractivity contribution in [1.82, 2.24) is 0 Å². The minimum atomic E-state index is -3.75. The Morgan fingerprint density at radius 1 is 1.07 bits per heavy atom. The number of phosphoric ester groups is 1. The molecule has 0 unspecified atom stereocenters. The fourth-order valence-corrected chi connectivity index (χ4v) is 1.48. The Bertz CT molecular complexity index is 151. The fraction of sp³-hybridized carbons (Fsp3) is 1.00. The van der Waals surface area contributed by atoms with Gasteiger partial charge in [-0.1, -0.05) is 26.7 Å². The van der Waals surface area contributed by atoms with E-state index in [0.717, 1.165) is 25.7 Å². The molecule has 0 rings (SSSR count). The summed E-state index contributed by atoms with van der Waals surface area (Å²) in [5.74, 6) is 0. The maximum absolute atomic E-state index is 11.1. The molecule has 0 saturated carbocycles. The first-order valence-corrected chi connectivity index (χ1v) is 6.23. The molecule has 14 heavy (non-hydrogen) atoms. The largest absolute Gasteiger partial charge is 0.472 e. The molecule has 0 amide bonds. The first-order chi connectivity index (χ1) is 6.12. The van der Waals surface area contributed by atoms with Crippen molar-refractivity contribution < 1.29 is 54.1 Å². The second-order valence-corrected chi connectivity index (χ2v) is 4.30. The molecule has 1 N–H and O–H groups in total. The van der Waals surface area contributed by atoms with E-state index in [1.54, 1.807) is 0 Å². The quantitative estimate of drug-likeness (QED) is 0.541. The zero-order valence-corrected chi connectivity index (χ0v) is 13.5. The second-order valence-electron chi connectivity index (χ2n) is 2.84. The summed E-state index contributed by atoms with van der Waals surface area (Å²) in [7, 11) is -3.75. The molecule has 6 heteroatoms. The smallest absolute Gasteiger partial charge is 0.302 e. The first-order valence-electron chi connectivity index (χ1n) is 4.74. The van der Waals surface area contributed by atoms with Crippen molar-refractivity contribution in [3.63, 3.8) is 0 Å². The number of phosphoric acid groups is 1. The second kappa shape index (κ2) is 10.8. The van der Waals surface area contributed by atoms with Crippen LogP contribution in [-0.2, 0) is 13.6 Å². The third-order valence-corrected chi connectivity index (χ3v) is 2.52. The average Bonchev–Trinajstić information content (AvgIpc) is 2.05. The topological polar surface area (TPSA) is 55.8 Å². The van der Waals surface area contributed by atoms with E-state index in [1.165, 1.54) is 0 Å². The van der Waals surface area contributed by atoms with Gasteiger partial charge >= 0.3 is 7.82 Å². The van der Waals surface area contributed by atoms with Crippen molar-refractivity contribution in [1.29, 1.82) is 0 Å². The molecule has 0 aliphatic rings. The van der Waals surface area contributed by atoms with Crippen molar-refractivity contribution in [2.24, 2.45) is 0 Å². The van der Waals surface area contributed by atoms with E-state index in [0.29, 0.717) is 0 Å². The molecule has 0 aromatic heterocycles. The molecule has 0 atom stereocenters. The van der Waals surface area contributed by atoms with E-state index < -0.39 is 7.82 Å². The molecule has 0 heterocycles. The van der Waals surface area contributed by atoms with E-state index in [2.05, 4.69) is 0 Å². The van der Waals surface area contributed by atoms with Gasteiger partial charge in [-0.2, -0.15) is 0 Å². The van der Waals surface area contributed by atoms with Crippen LogP contribution < -0.4 is 0 Å². The van der Waals surface area contributed by atoms with Crippen molar-refractivity contribution >= 4 is 7.82 Å². The molecule has 0 bridgehead atoms. The Hall–Kier alpha value is 1.30. The minimum absolute atomic E-state index is 0. The van der Waals surface area contributed by atoms with Gasteiger partial charge < -0.3 is 4.89 Å². The molecule has 0 aromatic carbocycles. The Kier molecular flexibility index (Phi) is 13.7. The Morgan fingerprint density at radius 3 is 1.71 bits per heavy atom. The zero-order valence-electron chi connectivity index (χ0n) is 8.94. The van der Waals surface area contributed by atoms with Gasteiger partial charge in [0.25, 0.3) is 0 Å². The average molecular weight is 349 g/mol. The molecule has 0 aromatic rings. The summed E-state index contributed by atoms with van der Waals surface area (Å²) in [6, 6.07) is 0. The molecule has 0 saturated heterocycles. The van der Waals surface area contributed by atoms with Gasteiger partial charge in [0.2, 0.25) is 0 Å². The van der Waals surface area contributed by atoms with Gasteiger partial charge in [-0.15, -0.1) is 0 Å². The van der Waals surface area contributed by atoms with Crippen molar-refractivity contribution in [3.05, 3.63) is 0 Å². The Morgan fingerprint density at radius 2 is 1.43 bits per heavy atom. The minimum Gasteiger partial charge on any atom is -0.302 e. The van der Waals surface area contributed by atoms with E-state index in [9.17, 15) is 4.57 Å². The van der Waals surface area contributed by atoms with Crippen LogP contribution in [0.3, 0.4) is 0 Å². The predicted molar refractivity (Wildman–Crippen MR) is 51.5 cm³/mol. The fourth-order valence-electron chi connectivity index (χ4n) is 0.686. The third-order valence-electron chi connectivity index (χ3n) is 1.50. The van der Waals surface area contributed by atoms with E-state index in [4.69, 9.17) is 13.9 Å². The predicted octanol–water partition coefficient (Wildman–Crippen LogP) is 2.72. The number of rotatable bonds is 8. The van der Waals surface area contributed by atoms with Crippen LogP contribution in [-0.4, -0.2) is 18.1 Å². The summed E-state index contributed by atoms with van der Waals surface area (Å²) in [6.45, 7) is 4.56. The number of unbranched alkanes of at least 4 members (excludes halogenated alkanes) is 2. The Labute approximate surface area is 114 Å². The van der Waals surface area contributed by atoms with Gasteiger partial charge in [0, 0.05) is 35.6 Å². The molecule has 83 valence electrons. The van der Waals surface area contributed by atoms with E-state index in [1.807, 2.05) is 13.8 Å². The number of hydrogen-bond acceptors (Lipinski definition) is 3. The molecule has 0 fully saturated rings. The molecule has 1 radical (unpaired) electrons. The van der Waals surface area contributed by atoms with Crippen LogP contribution in [0, 0.1) is 35.6 Å². The van der Waals surface area contributed by atoms with Crippen LogP contribution in [0.15, 0.2) is 0 Å². The Balaban J connectivity index is 0. The van der Waals surface area contributed by atoms with Gasteiger partial charge in [0.15, 0.2) is 0 Å².